The third-order valence-electron chi connectivity index (χ3n) is 2.98. The molecule has 0 amide bonds. The first-order valence-corrected chi connectivity index (χ1v) is 8.45. The highest BCUT2D eigenvalue weighted by Gasteiger charge is 2.01. The van der Waals surface area contributed by atoms with E-state index in [1.54, 1.807) is 0 Å². The van der Waals surface area contributed by atoms with Crippen LogP contribution in [0.3, 0.4) is 0 Å². The van der Waals surface area contributed by atoms with Crippen molar-refractivity contribution in [3.8, 4) is 0 Å². The Kier molecular flexibility index (Phi) is 20.0. The highest BCUT2D eigenvalue weighted by atomic mass is 16.5. The smallest absolute Gasteiger partial charge is 0.0466 e. The predicted octanol–water partition coefficient (Wildman–Crippen LogP) is 4.88. The molecule has 0 aliphatic carbocycles. The number of nitrogens with one attached hydrogen (secondary N) is 1. The van der Waals surface area contributed by atoms with Crippen LogP contribution in [0.25, 0.3) is 0 Å². The van der Waals surface area contributed by atoms with Crippen molar-refractivity contribution >= 4 is 0 Å². The van der Waals surface area contributed by atoms with Gasteiger partial charge >= 0.3 is 0 Å². The summed E-state index contributed by atoms with van der Waals surface area (Å²) in [6.45, 7) is 17.3. The van der Waals surface area contributed by atoms with E-state index in [1.807, 2.05) is 13.8 Å². The van der Waals surface area contributed by atoms with Gasteiger partial charge in [-0.3, -0.25) is 0 Å². The predicted molar refractivity (Wildman–Crippen MR) is 87.8 cm³/mol. The van der Waals surface area contributed by atoms with Crippen LogP contribution in [0.4, 0.5) is 0 Å². The molecule has 118 valence electrons. The standard InChI is InChI=1S/C15H33NO.C2H6/c1-5-10-16-13-15(4)9-7-12-17-11-6-8-14(2)3;1-2/h14-16H,5-13H2,1-4H3;1-2H3. The largest absolute Gasteiger partial charge is 0.381 e. The molecular weight excluding hydrogens is 234 g/mol. The zero-order valence-electron chi connectivity index (χ0n) is 14.4. The van der Waals surface area contributed by atoms with Gasteiger partial charge in [0.15, 0.2) is 0 Å². The van der Waals surface area contributed by atoms with E-state index in [0.29, 0.717) is 0 Å². The van der Waals surface area contributed by atoms with E-state index in [9.17, 15) is 0 Å². The van der Waals surface area contributed by atoms with E-state index in [0.717, 1.165) is 38.1 Å². The fourth-order valence-corrected chi connectivity index (χ4v) is 1.86. The molecule has 1 N–H and O–H groups in total. The lowest BCUT2D eigenvalue weighted by atomic mass is 10.1. The molecular formula is C17H39NO. The Balaban J connectivity index is 0. The van der Waals surface area contributed by atoms with Gasteiger partial charge in [0.25, 0.3) is 0 Å². The summed E-state index contributed by atoms with van der Waals surface area (Å²) < 4.78 is 5.64. The van der Waals surface area contributed by atoms with E-state index in [1.165, 1.54) is 32.1 Å². The average molecular weight is 274 g/mol. The minimum atomic E-state index is 0.779. The van der Waals surface area contributed by atoms with Gasteiger partial charge in [-0.15, -0.1) is 0 Å². The summed E-state index contributed by atoms with van der Waals surface area (Å²) in [6, 6.07) is 0. The Labute approximate surface area is 122 Å². The molecule has 0 saturated carbocycles. The number of rotatable bonds is 12. The molecule has 2 nitrogen and oxygen atoms in total. The second-order valence-corrected chi connectivity index (χ2v) is 5.60. The van der Waals surface area contributed by atoms with E-state index in [4.69, 9.17) is 4.74 Å². The lowest BCUT2D eigenvalue weighted by Gasteiger charge is -2.12. The molecule has 0 spiro atoms. The fourth-order valence-electron chi connectivity index (χ4n) is 1.86. The second-order valence-electron chi connectivity index (χ2n) is 5.60. The monoisotopic (exact) mass is 273 g/mol. The van der Waals surface area contributed by atoms with Gasteiger partial charge in [0.05, 0.1) is 0 Å². The molecule has 0 radical (unpaired) electrons. The highest BCUT2D eigenvalue weighted by molar-refractivity contribution is 4.56. The Morgan fingerprint density at radius 3 is 2.05 bits per heavy atom. The number of ether oxygens (including phenoxy) is 1. The van der Waals surface area contributed by atoms with Gasteiger partial charge in [0, 0.05) is 13.2 Å². The van der Waals surface area contributed by atoms with E-state index >= 15 is 0 Å². The maximum absolute atomic E-state index is 5.64. The summed E-state index contributed by atoms with van der Waals surface area (Å²) in [4.78, 5) is 0. The number of hydrogen-bond donors (Lipinski definition) is 1. The van der Waals surface area contributed by atoms with Crippen molar-refractivity contribution in [3.05, 3.63) is 0 Å². The third-order valence-corrected chi connectivity index (χ3v) is 2.98. The molecule has 0 aromatic rings. The van der Waals surface area contributed by atoms with Crippen LogP contribution in [0, 0.1) is 11.8 Å². The van der Waals surface area contributed by atoms with E-state index in [-0.39, 0.29) is 0 Å². The zero-order valence-corrected chi connectivity index (χ0v) is 14.4. The topological polar surface area (TPSA) is 21.3 Å². The van der Waals surface area contributed by atoms with Crippen LogP contribution in [0.2, 0.25) is 0 Å². The van der Waals surface area contributed by atoms with Gasteiger partial charge in [-0.2, -0.15) is 0 Å². The van der Waals surface area contributed by atoms with Crippen LogP contribution < -0.4 is 5.32 Å². The quantitative estimate of drug-likeness (QED) is 0.512. The zero-order chi connectivity index (χ0) is 14.9. The number of hydrogen-bond acceptors (Lipinski definition) is 2. The normalized spacial score (nSPS) is 12.2. The fraction of sp³-hybridized carbons (Fsp3) is 1.00. The van der Waals surface area contributed by atoms with Gasteiger partial charge in [-0.05, 0) is 57.0 Å². The maximum atomic E-state index is 5.64. The molecule has 0 aromatic heterocycles. The van der Waals surface area contributed by atoms with Crippen molar-refractivity contribution < 1.29 is 4.74 Å². The molecule has 2 heteroatoms. The molecule has 1 atom stereocenters. The molecule has 1 unspecified atom stereocenters. The van der Waals surface area contributed by atoms with E-state index in [2.05, 4.69) is 33.0 Å². The minimum absolute atomic E-state index is 0.779. The van der Waals surface area contributed by atoms with Crippen LogP contribution in [0.5, 0.6) is 0 Å². The van der Waals surface area contributed by atoms with Crippen molar-refractivity contribution in [3.63, 3.8) is 0 Å². The molecule has 19 heavy (non-hydrogen) atoms. The summed E-state index contributed by atoms with van der Waals surface area (Å²) >= 11 is 0. The van der Waals surface area contributed by atoms with Crippen LogP contribution in [0.15, 0.2) is 0 Å². The van der Waals surface area contributed by atoms with Crippen molar-refractivity contribution in [1.29, 1.82) is 0 Å². The molecule has 0 bridgehead atoms. The van der Waals surface area contributed by atoms with Crippen molar-refractivity contribution in [2.75, 3.05) is 26.3 Å². The van der Waals surface area contributed by atoms with Crippen LogP contribution >= 0.6 is 0 Å². The van der Waals surface area contributed by atoms with Gasteiger partial charge < -0.3 is 10.1 Å². The van der Waals surface area contributed by atoms with Crippen LogP contribution in [-0.4, -0.2) is 26.3 Å². The summed E-state index contributed by atoms with van der Waals surface area (Å²) in [5.74, 6) is 1.59. The van der Waals surface area contributed by atoms with Crippen LogP contribution in [-0.2, 0) is 4.74 Å². The molecule has 0 heterocycles. The first-order valence-electron chi connectivity index (χ1n) is 8.45. The summed E-state index contributed by atoms with van der Waals surface area (Å²) in [5, 5.41) is 3.47. The summed E-state index contributed by atoms with van der Waals surface area (Å²) in [6.07, 6.45) is 6.21. The average Bonchev–Trinajstić information content (AvgIpc) is 2.40. The Hall–Kier alpha value is -0.0800. The van der Waals surface area contributed by atoms with Gasteiger partial charge in [0.2, 0.25) is 0 Å². The van der Waals surface area contributed by atoms with Crippen molar-refractivity contribution in [1.82, 2.24) is 5.32 Å². The Morgan fingerprint density at radius 2 is 1.53 bits per heavy atom. The second kappa shape index (κ2) is 17.9. The van der Waals surface area contributed by atoms with Gasteiger partial charge in [-0.1, -0.05) is 41.5 Å². The molecule has 0 aliphatic heterocycles. The lowest BCUT2D eigenvalue weighted by Crippen LogP contribution is -2.22. The Bertz CT molecular complexity index is 148. The van der Waals surface area contributed by atoms with Crippen molar-refractivity contribution in [2.45, 2.75) is 73.6 Å². The molecule has 0 aliphatic rings. The highest BCUT2D eigenvalue weighted by Crippen LogP contribution is 2.06. The first kappa shape index (κ1) is 21.2. The van der Waals surface area contributed by atoms with Gasteiger partial charge in [-0.25, -0.2) is 0 Å². The summed E-state index contributed by atoms with van der Waals surface area (Å²) in [5.41, 5.74) is 0. The molecule has 0 aromatic carbocycles. The molecule has 0 fully saturated rings. The molecule has 0 saturated heterocycles. The van der Waals surface area contributed by atoms with E-state index < -0.39 is 0 Å². The maximum Gasteiger partial charge on any atom is 0.0466 e. The molecule has 0 rings (SSSR count). The Morgan fingerprint density at radius 1 is 0.947 bits per heavy atom. The van der Waals surface area contributed by atoms with Gasteiger partial charge in [0.1, 0.15) is 0 Å². The summed E-state index contributed by atoms with van der Waals surface area (Å²) in [7, 11) is 0. The van der Waals surface area contributed by atoms with Crippen molar-refractivity contribution in [2.24, 2.45) is 11.8 Å². The lowest BCUT2D eigenvalue weighted by molar-refractivity contribution is 0.121. The first-order chi connectivity index (χ1) is 9.16. The SMILES string of the molecule is CC.CCCNCC(C)CCCOCCCC(C)C. The van der Waals surface area contributed by atoms with Crippen LogP contribution in [0.1, 0.15) is 73.6 Å². The third kappa shape index (κ3) is 20.4. The minimum Gasteiger partial charge on any atom is -0.381 e.